The fraction of sp³-hybridized carbons (Fsp3) is 0.333. The number of aliphatic carboxylic acids is 1. The molecule has 1 amide bonds. The van der Waals surface area contributed by atoms with Crippen molar-refractivity contribution in [3.8, 4) is 0 Å². The zero-order valence-electron chi connectivity index (χ0n) is 10.3. The van der Waals surface area contributed by atoms with Crippen LogP contribution in [-0.4, -0.2) is 42.5 Å². The van der Waals surface area contributed by atoms with Gasteiger partial charge in [-0.2, -0.15) is 0 Å². The van der Waals surface area contributed by atoms with E-state index in [4.69, 9.17) is 5.11 Å². The van der Waals surface area contributed by atoms with Crippen molar-refractivity contribution in [2.75, 3.05) is 20.6 Å². The second kappa shape index (κ2) is 6.93. The zero-order chi connectivity index (χ0) is 13.5. The number of carboxylic acid groups (broad SMARTS) is 1. The summed E-state index contributed by atoms with van der Waals surface area (Å²) in [5, 5.41) is 13.1. The van der Waals surface area contributed by atoms with E-state index in [-0.39, 0.29) is 5.91 Å². The van der Waals surface area contributed by atoms with E-state index in [1.54, 1.807) is 4.90 Å². The smallest absolute Gasteiger partial charge is 0.328 e. The molecule has 0 aliphatic rings. The van der Waals surface area contributed by atoms with Crippen LogP contribution in [0.4, 0.5) is 0 Å². The van der Waals surface area contributed by atoms with Crippen molar-refractivity contribution >= 4 is 29.3 Å². The predicted molar refractivity (Wildman–Crippen MR) is 71.4 cm³/mol. The van der Waals surface area contributed by atoms with Crippen molar-refractivity contribution in [2.45, 2.75) is 6.54 Å². The third-order valence-corrected chi connectivity index (χ3v) is 2.97. The minimum absolute atomic E-state index is 0.0315. The number of nitrogens with one attached hydrogen (secondary N) is 1. The maximum absolute atomic E-state index is 11.4. The molecule has 2 N–H and O–H groups in total. The van der Waals surface area contributed by atoms with Gasteiger partial charge in [0.25, 0.3) is 0 Å². The summed E-state index contributed by atoms with van der Waals surface area (Å²) in [6.45, 7) is 0.829. The van der Waals surface area contributed by atoms with Crippen LogP contribution in [0.5, 0.6) is 0 Å². The van der Waals surface area contributed by atoms with Gasteiger partial charge in [0.05, 0.1) is 13.1 Å². The molecule has 0 bridgehead atoms. The molecule has 1 heterocycles. The number of amides is 1. The van der Waals surface area contributed by atoms with Crippen LogP contribution in [0.25, 0.3) is 6.08 Å². The molecule has 1 rings (SSSR count). The molecule has 1 aromatic rings. The van der Waals surface area contributed by atoms with E-state index >= 15 is 0 Å². The Morgan fingerprint density at radius 2 is 2.22 bits per heavy atom. The van der Waals surface area contributed by atoms with Gasteiger partial charge in [-0.05, 0) is 37.2 Å². The Balaban J connectivity index is 2.44. The minimum atomic E-state index is -0.970. The van der Waals surface area contributed by atoms with E-state index in [0.29, 0.717) is 13.1 Å². The lowest BCUT2D eigenvalue weighted by Crippen LogP contribution is -2.32. The van der Waals surface area contributed by atoms with Gasteiger partial charge in [0.1, 0.15) is 0 Å². The topological polar surface area (TPSA) is 69.6 Å². The zero-order valence-corrected chi connectivity index (χ0v) is 11.2. The Hall–Kier alpha value is -1.66. The molecule has 18 heavy (non-hydrogen) atoms. The molecule has 98 valence electrons. The van der Waals surface area contributed by atoms with Crippen molar-refractivity contribution in [2.24, 2.45) is 0 Å². The first kappa shape index (κ1) is 14.4. The van der Waals surface area contributed by atoms with Crippen molar-refractivity contribution < 1.29 is 14.7 Å². The third-order valence-electron chi connectivity index (χ3n) is 2.01. The monoisotopic (exact) mass is 268 g/mol. The lowest BCUT2D eigenvalue weighted by Gasteiger charge is -2.08. The van der Waals surface area contributed by atoms with Crippen LogP contribution in [0.15, 0.2) is 17.5 Å². The molecule has 5 nitrogen and oxygen atoms in total. The molecule has 0 saturated carbocycles. The van der Waals surface area contributed by atoms with Crippen LogP contribution in [-0.2, 0) is 16.1 Å². The number of carboxylic acids is 1. The molecular formula is C12H16N2O3S. The highest BCUT2D eigenvalue weighted by molar-refractivity contribution is 7.10. The number of carbonyl (C=O) groups excluding carboxylic acids is 1. The average molecular weight is 268 g/mol. The number of thiophene rings is 1. The maximum atomic E-state index is 11.4. The molecule has 1 aromatic heterocycles. The highest BCUT2D eigenvalue weighted by atomic mass is 32.1. The maximum Gasteiger partial charge on any atom is 0.328 e. The van der Waals surface area contributed by atoms with Gasteiger partial charge < -0.3 is 15.3 Å². The van der Waals surface area contributed by atoms with Crippen LogP contribution >= 0.6 is 11.3 Å². The van der Waals surface area contributed by atoms with E-state index in [9.17, 15) is 9.59 Å². The molecule has 0 spiro atoms. The van der Waals surface area contributed by atoms with Gasteiger partial charge in [-0.1, -0.05) is 0 Å². The van der Waals surface area contributed by atoms with Gasteiger partial charge in [0, 0.05) is 11.0 Å². The van der Waals surface area contributed by atoms with Crippen molar-refractivity contribution in [3.05, 3.63) is 28.0 Å². The summed E-state index contributed by atoms with van der Waals surface area (Å²) in [5.74, 6) is -1.00. The van der Waals surface area contributed by atoms with Gasteiger partial charge in [0.2, 0.25) is 5.91 Å². The van der Waals surface area contributed by atoms with Crippen LogP contribution in [0.2, 0.25) is 0 Å². The quantitative estimate of drug-likeness (QED) is 0.756. The van der Waals surface area contributed by atoms with Gasteiger partial charge in [0.15, 0.2) is 0 Å². The second-order valence-corrected chi connectivity index (χ2v) is 5.03. The van der Waals surface area contributed by atoms with Crippen LogP contribution in [0.3, 0.4) is 0 Å². The molecular weight excluding hydrogens is 252 g/mol. The summed E-state index contributed by atoms with van der Waals surface area (Å²) < 4.78 is 0. The number of carbonyl (C=O) groups is 2. The van der Waals surface area contributed by atoms with Crippen LogP contribution in [0, 0.1) is 0 Å². The minimum Gasteiger partial charge on any atom is -0.478 e. The molecule has 0 aliphatic carbocycles. The van der Waals surface area contributed by atoms with Gasteiger partial charge in [-0.15, -0.1) is 11.3 Å². The Labute approximate surface area is 110 Å². The number of hydrogen-bond donors (Lipinski definition) is 2. The lowest BCUT2D eigenvalue weighted by molar-refractivity contribution is -0.131. The summed E-state index contributed by atoms with van der Waals surface area (Å²) in [4.78, 5) is 24.5. The average Bonchev–Trinajstić information content (AvgIpc) is 2.70. The molecule has 6 heteroatoms. The molecule has 0 unspecified atom stereocenters. The lowest BCUT2D eigenvalue weighted by atomic mass is 10.3. The van der Waals surface area contributed by atoms with Gasteiger partial charge >= 0.3 is 5.97 Å². The summed E-state index contributed by atoms with van der Waals surface area (Å²) in [6, 6.07) is 1.86. The summed E-state index contributed by atoms with van der Waals surface area (Å²) in [6.07, 6.45) is 2.63. The van der Waals surface area contributed by atoms with Crippen molar-refractivity contribution in [3.63, 3.8) is 0 Å². The van der Waals surface area contributed by atoms with E-state index in [0.717, 1.165) is 16.5 Å². The first-order chi connectivity index (χ1) is 8.47. The Morgan fingerprint density at radius 3 is 2.83 bits per heavy atom. The van der Waals surface area contributed by atoms with Crippen molar-refractivity contribution in [1.29, 1.82) is 0 Å². The first-order valence-electron chi connectivity index (χ1n) is 5.37. The van der Waals surface area contributed by atoms with Crippen molar-refractivity contribution in [1.82, 2.24) is 10.2 Å². The highest BCUT2D eigenvalue weighted by Gasteiger charge is 2.03. The fourth-order valence-corrected chi connectivity index (χ4v) is 2.07. The molecule has 0 saturated heterocycles. The Morgan fingerprint density at radius 1 is 1.50 bits per heavy atom. The van der Waals surface area contributed by atoms with Gasteiger partial charge in [-0.3, -0.25) is 4.79 Å². The van der Waals surface area contributed by atoms with Gasteiger partial charge in [-0.25, -0.2) is 4.79 Å². The predicted octanol–water partition coefficient (Wildman–Crippen LogP) is 1.02. The molecule has 0 aromatic carbocycles. The molecule has 0 aliphatic heterocycles. The number of hydrogen-bond acceptors (Lipinski definition) is 4. The summed E-state index contributed by atoms with van der Waals surface area (Å²) in [7, 11) is 3.67. The highest BCUT2D eigenvalue weighted by Crippen LogP contribution is 2.15. The normalized spacial score (nSPS) is 11.1. The first-order valence-corrected chi connectivity index (χ1v) is 6.25. The fourth-order valence-electron chi connectivity index (χ4n) is 1.27. The third kappa shape index (κ3) is 5.60. The number of nitrogens with zero attached hydrogens (tertiary/aromatic N) is 1. The second-order valence-electron chi connectivity index (χ2n) is 4.03. The molecule has 0 atom stereocenters. The van der Waals surface area contributed by atoms with E-state index in [1.165, 1.54) is 17.4 Å². The van der Waals surface area contributed by atoms with E-state index in [1.807, 2.05) is 25.5 Å². The standard InChI is InChI=1S/C12H16N2O3S/c1-14(2)7-11(15)13-6-10-5-9(8-18-10)3-4-12(16)17/h3-5,8H,6-7H2,1-2H3,(H,13,15)(H,16,17)/b4-3+. The number of rotatable bonds is 6. The summed E-state index contributed by atoms with van der Waals surface area (Å²) in [5.41, 5.74) is 0.833. The summed E-state index contributed by atoms with van der Waals surface area (Å²) >= 11 is 1.49. The molecule has 0 fully saturated rings. The Bertz CT molecular complexity index is 452. The van der Waals surface area contributed by atoms with Crippen LogP contribution in [0.1, 0.15) is 10.4 Å². The van der Waals surface area contributed by atoms with E-state index in [2.05, 4.69) is 5.32 Å². The SMILES string of the molecule is CN(C)CC(=O)NCc1cc(/C=C/C(=O)O)cs1. The number of likely N-dealkylation sites (N-methyl/N-ethyl adjacent to an activating group) is 1. The Kier molecular flexibility index (Phi) is 5.54. The largest absolute Gasteiger partial charge is 0.478 e. The van der Waals surface area contributed by atoms with E-state index < -0.39 is 5.97 Å². The molecule has 0 radical (unpaired) electrons. The van der Waals surface area contributed by atoms with Crippen LogP contribution < -0.4 is 5.32 Å².